The number of benzene rings is 2. The lowest BCUT2D eigenvalue weighted by molar-refractivity contribution is -0.136. The molecule has 4 amide bonds. The summed E-state index contributed by atoms with van der Waals surface area (Å²) in [5, 5.41) is 2.56. The molecule has 2 aromatic carbocycles. The Kier molecular flexibility index (Phi) is 5.30. The highest BCUT2D eigenvalue weighted by Gasteiger charge is 2.44. The fourth-order valence-corrected chi connectivity index (χ4v) is 5.37. The first-order valence-electron chi connectivity index (χ1n) is 9.65. The summed E-state index contributed by atoms with van der Waals surface area (Å²) in [6.07, 6.45) is 0.0412. The zero-order valence-corrected chi connectivity index (χ0v) is 18.6. The SMILES string of the molecule is Cc1cc(S(=O)(=O)Nc2ccc3c(c2)C(=O)N(C2CCC(=O)NC2=O)C3=O)c(C)cc1Cl. The van der Waals surface area contributed by atoms with Crippen LogP contribution in [-0.4, -0.2) is 43.0 Å². The average molecular weight is 476 g/mol. The summed E-state index contributed by atoms with van der Waals surface area (Å²) < 4.78 is 28.3. The van der Waals surface area contributed by atoms with E-state index >= 15 is 0 Å². The van der Waals surface area contributed by atoms with Crippen molar-refractivity contribution in [1.29, 1.82) is 0 Å². The number of aryl methyl sites for hydroxylation is 2. The van der Waals surface area contributed by atoms with Crippen molar-refractivity contribution in [2.75, 3.05) is 4.72 Å². The third-order valence-electron chi connectivity index (χ3n) is 5.44. The van der Waals surface area contributed by atoms with Crippen LogP contribution in [0.3, 0.4) is 0 Å². The van der Waals surface area contributed by atoms with E-state index in [2.05, 4.69) is 10.0 Å². The maximum absolute atomic E-state index is 12.9. The molecule has 0 saturated carbocycles. The molecule has 0 bridgehead atoms. The quantitative estimate of drug-likeness (QED) is 0.652. The minimum absolute atomic E-state index is 0.00865. The van der Waals surface area contributed by atoms with Gasteiger partial charge >= 0.3 is 0 Å². The van der Waals surface area contributed by atoms with Crippen molar-refractivity contribution in [3.63, 3.8) is 0 Å². The lowest BCUT2D eigenvalue weighted by atomic mass is 10.0. The number of nitrogens with zero attached hydrogens (tertiary/aromatic N) is 1. The van der Waals surface area contributed by atoms with E-state index in [4.69, 9.17) is 11.6 Å². The molecule has 11 heteroatoms. The van der Waals surface area contributed by atoms with Crippen molar-refractivity contribution in [1.82, 2.24) is 10.2 Å². The molecule has 0 aromatic heterocycles. The summed E-state index contributed by atoms with van der Waals surface area (Å²) in [5.74, 6) is -2.57. The van der Waals surface area contributed by atoms with E-state index in [0.717, 1.165) is 4.90 Å². The van der Waals surface area contributed by atoms with Gasteiger partial charge in [0.15, 0.2) is 0 Å². The lowest BCUT2D eigenvalue weighted by Crippen LogP contribution is -2.54. The van der Waals surface area contributed by atoms with Crippen molar-refractivity contribution in [3.8, 4) is 0 Å². The molecule has 1 saturated heterocycles. The normalized spacial score (nSPS) is 18.6. The van der Waals surface area contributed by atoms with Crippen LogP contribution in [-0.2, 0) is 19.6 Å². The Balaban J connectivity index is 1.64. The monoisotopic (exact) mass is 475 g/mol. The number of rotatable bonds is 4. The summed E-state index contributed by atoms with van der Waals surface area (Å²) in [5.41, 5.74) is 1.16. The molecular formula is C21H18ClN3O6S. The number of hydrogen-bond donors (Lipinski definition) is 2. The average Bonchev–Trinajstić information content (AvgIpc) is 2.95. The van der Waals surface area contributed by atoms with E-state index in [1.807, 2.05) is 0 Å². The van der Waals surface area contributed by atoms with E-state index < -0.39 is 39.7 Å². The fraction of sp³-hybridized carbons (Fsp3) is 0.238. The molecule has 2 heterocycles. The summed E-state index contributed by atoms with van der Waals surface area (Å²) in [6, 6.07) is 5.87. The highest BCUT2D eigenvalue weighted by atomic mass is 35.5. The number of imide groups is 2. The number of amides is 4. The highest BCUT2D eigenvalue weighted by molar-refractivity contribution is 7.92. The fourth-order valence-electron chi connectivity index (χ4n) is 3.79. The van der Waals surface area contributed by atoms with Gasteiger partial charge in [0.2, 0.25) is 11.8 Å². The Morgan fingerprint density at radius 1 is 1.00 bits per heavy atom. The van der Waals surface area contributed by atoms with Gasteiger partial charge in [0.1, 0.15) is 6.04 Å². The number of carbonyl (C=O) groups is 4. The van der Waals surface area contributed by atoms with Gasteiger partial charge in [-0.25, -0.2) is 8.42 Å². The second kappa shape index (κ2) is 7.72. The molecular weight excluding hydrogens is 458 g/mol. The van der Waals surface area contributed by atoms with Crippen LogP contribution in [0.4, 0.5) is 5.69 Å². The molecule has 1 fully saturated rings. The molecule has 4 rings (SSSR count). The summed E-state index contributed by atoms with van der Waals surface area (Å²) in [6.45, 7) is 3.30. The van der Waals surface area contributed by atoms with E-state index in [1.54, 1.807) is 19.9 Å². The Bertz CT molecular complexity index is 1320. The molecule has 0 spiro atoms. The van der Waals surface area contributed by atoms with Gasteiger partial charge in [-0.05, 0) is 61.7 Å². The second-order valence-corrected chi connectivity index (χ2v) is 9.74. The smallest absolute Gasteiger partial charge is 0.262 e. The molecule has 32 heavy (non-hydrogen) atoms. The van der Waals surface area contributed by atoms with Crippen LogP contribution in [0.25, 0.3) is 0 Å². The predicted molar refractivity (Wildman–Crippen MR) is 115 cm³/mol. The molecule has 1 unspecified atom stereocenters. The minimum Gasteiger partial charge on any atom is -0.295 e. The number of halogens is 1. The van der Waals surface area contributed by atoms with Crippen molar-refractivity contribution < 1.29 is 27.6 Å². The van der Waals surface area contributed by atoms with Crippen LogP contribution in [0.15, 0.2) is 35.2 Å². The van der Waals surface area contributed by atoms with Crippen LogP contribution < -0.4 is 10.0 Å². The lowest BCUT2D eigenvalue weighted by Gasteiger charge is -2.27. The second-order valence-electron chi connectivity index (χ2n) is 7.68. The van der Waals surface area contributed by atoms with Gasteiger partial charge in [-0.15, -0.1) is 0 Å². The van der Waals surface area contributed by atoms with Crippen molar-refractivity contribution in [2.45, 2.75) is 37.6 Å². The molecule has 2 aromatic rings. The Morgan fingerprint density at radius 3 is 2.38 bits per heavy atom. The van der Waals surface area contributed by atoms with Crippen LogP contribution in [0.2, 0.25) is 5.02 Å². The zero-order chi connectivity index (χ0) is 23.4. The van der Waals surface area contributed by atoms with Gasteiger partial charge in [0.25, 0.3) is 21.8 Å². The number of nitrogens with one attached hydrogen (secondary N) is 2. The topological polar surface area (TPSA) is 130 Å². The number of fused-ring (bicyclic) bond motifs is 1. The minimum atomic E-state index is -4.00. The molecule has 0 radical (unpaired) electrons. The van der Waals surface area contributed by atoms with E-state index in [0.29, 0.717) is 16.1 Å². The molecule has 2 aliphatic rings. The first-order chi connectivity index (χ1) is 15.0. The van der Waals surface area contributed by atoms with Crippen molar-refractivity contribution in [2.24, 2.45) is 0 Å². The summed E-state index contributed by atoms with van der Waals surface area (Å²) in [7, 11) is -4.00. The molecule has 0 aliphatic carbocycles. The first kappa shape index (κ1) is 22.0. The molecule has 2 N–H and O–H groups in total. The molecule has 9 nitrogen and oxygen atoms in total. The third kappa shape index (κ3) is 3.65. The third-order valence-corrected chi connectivity index (χ3v) is 7.37. The van der Waals surface area contributed by atoms with Gasteiger partial charge in [0, 0.05) is 17.1 Å². The van der Waals surface area contributed by atoms with Gasteiger partial charge in [-0.2, -0.15) is 0 Å². The van der Waals surface area contributed by atoms with Crippen molar-refractivity contribution >= 4 is 50.9 Å². The van der Waals surface area contributed by atoms with Crippen LogP contribution in [0, 0.1) is 13.8 Å². The number of hydrogen-bond acceptors (Lipinski definition) is 6. The number of piperidine rings is 1. The summed E-state index contributed by atoms with van der Waals surface area (Å²) >= 11 is 6.05. The van der Waals surface area contributed by atoms with Gasteiger partial charge < -0.3 is 0 Å². The van der Waals surface area contributed by atoms with Gasteiger partial charge in [-0.1, -0.05) is 11.6 Å². The Hall–Kier alpha value is -3.24. The molecule has 1 atom stereocenters. The molecule has 166 valence electrons. The van der Waals surface area contributed by atoms with Crippen LogP contribution in [0.5, 0.6) is 0 Å². The molecule has 2 aliphatic heterocycles. The van der Waals surface area contributed by atoms with Gasteiger partial charge in [0.05, 0.1) is 16.0 Å². The number of anilines is 1. The largest absolute Gasteiger partial charge is 0.295 e. The maximum Gasteiger partial charge on any atom is 0.262 e. The van der Waals surface area contributed by atoms with E-state index in [1.165, 1.54) is 24.3 Å². The first-order valence-corrected chi connectivity index (χ1v) is 11.5. The number of sulfonamides is 1. The van der Waals surface area contributed by atoms with Crippen LogP contribution >= 0.6 is 11.6 Å². The highest BCUT2D eigenvalue weighted by Crippen LogP contribution is 2.31. The van der Waals surface area contributed by atoms with Crippen molar-refractivity contribution in [3.05, 3.63) is 57.6 Å². The van der Waals surface area contributed by atoms with Crippen LogP contribution in [0.1, 0.15) is 44.7 Å². The van der Waals surface area contributed by atoms with E-state index in [-0.39, 0.29) is 34.6 Å². The number of carbonyl (C=O) groups excluding carboxylic acids is 4. The predicted octanol–water partition coefficient (Wildman–Crippen LogP) is 2.16. The van der Waals surface area contributed by atoms with Gasteiger partial charge in [-0.3, -0.25) is 34.1 Å². The Morgan fingerprint density at radius 2 is 1.69 bits per heavy atom. The maximum atomic E-state index is 12.9. The standard InChI is InChI=1S/C21H18ClN3O6S/c1-10-8-17(11(2)7-15(10)22)32(30,31)24-12-3-4-13-14(9-12)21(29)25(20(13)28)16-5-6-18(26)23-19(16)27/h3-4,7-9,16,24H,5-6H2,1-2H3,(H,23,26,27). The summed E-state index contributed by atoms with van der Waals surface area (Å²) in [4.78, 5) is 50.0. The van der Waals surface area contributed by atoms with E-state index in [9.17, 15) is 27.6 Å². The Labute approximate surface area is 188 Å². The zero-order valence-electron chi connectivity index (χ0n) is 17.1.